The van der Waals surface area contributed by atoms with Gasteiger partial charge >= 0.3 is 0 Å². The van der Waals surface area contributed by atoms with Gasteiger partial charge in [0.05, 0.1) is 16.4 Å². The summed E-state index contributed by atoms with van der Waals surface area (Å²) < 4.78 is 5.60. The number of benzene rings is 3. The van der Waals surface area contributed by atoms with Gasteiger partial charge in [-0.2, -0.15) is 0 Å². The normalized spacial score (nSPS) is 12.7. The summed E-state index contributed by atoms with van der Waals surface area (Å²) >= 11 is 1.60. The molecule has 1 aromatic heterocycles. The highest BCUT2D eigenvalue weighted by atomic mass is 32.1. The number of ether oxygens (including phenoxy) is 1. The van der Waals surface area contributed by atoms with Crippen LogP contribution in [0.1, 0.15) is 10.6 Å². The van der Waals surface area contributed by atoms with Crippen molar-refractivity contribution in [2.24, 2.45) is 0 Å². The van der Waals surface area contributed by atoms with E-state index in [0.717, 1.165) is 22.7 Å². The fourth-order valence-corrected chi connectivity index (χ4v) is 4.53. The van der Waals surface area contributed by atoms with Gasteiger partial charge in [-0.25, -0.2) is 4.98 Å². The SMILES string of the molecule is O=C(CN1C(=O)COc2ccc(-c3csc(Cc4ccccc4)n3)cc21)Nc1ccccc1. The molecule has 2 amide bonds. The van der Waals surface area contributed by atoms with Crippen molar-refractivity contribution in [1.29, 1.82) is 0 Å². The van der Waals surface area contributed by atoms with Crippen molar-refractivity contribution in [2.75, 3.05) is 23.4 Å². The van der Waals surface area contributed by atoms with E-state index in [0.29, 0.717) is 17.1 Å². The molecule has 7 heteroatoms. The number of amides is 2. The minimum Gasteiger partial charge on any atom is -0.482 e. The highest BCUT2D eigenvalue weighted by molar-refractivity contribution is 7.10. The molecule has 4 aromatic rings. The van der Waals surface area contributed by atoms with E-state index in [4.69, 9.17) is 9.72 Å². The topological polar surface area (TPSA) is 71.5 Å². The summed E-state index contributed by atoms with van der Waals surface area (Å²) in [5.74, 6) is 0.0446. The molecule has 0 unspecified atom stereocenters. The number of carbonyl (C=O) groups is 2. The van der Waals surface area contributed by atoms with Crippen molar-refractivity contribution < 1.29 is 14.3 Å². The van der Waals surface area contributed by atoms with Crippen molar-refractivity contribution in [2.45, 2.75) is 6.42 Å². The third kappa shape index (κ3) is 4.78. The molecule has 0 aliphatic carbocycles. The maximum atomic E-state index is 12.6. The molecular formula is C26H21N3O3S. The number of nitrogens with one attached hydrogen (secondary N) is 1. The van der Waals surface area contributed by atoms with Crippen molar-refractivity contribution in [1.82, 2.24) is 4.98 Å². The van der Waals surface area contributed by atoms with Gasteiger partial charge in [-0.05, 0) is 35.9 Å². The number of carbonyl (C=O) groups excluding carboxylic acids is 2. The van der Waals surface area contributed by atoms with Gasteiger partial charge in [-0.15, -0.1) is 11.3 Å². The fraction of sp³-hybridized carbons (Fsp3) is 0.115. The lowest BCUT2D eigenvalue weighted by Gasteiger charge is -2.29. The molecule has 1 aliphatic rings. The summed E-state index contributed by atoms with van der Waals surface area (Å²) in [5, 5.41) is 5.86. The van der Waals surface area contributed by atoms with Crippen LogP contribution in [0.15, 0.2) is 84.2 Å². The first-order valence-electron chi connectivity index (χ1n) is 10.6. The van der Waals surface area contributed by atoms with Crippen LogP contribution in [0, 0.1) is 0 Å². The Morgan fingerprint density at radius 1 is 1.03 bits per heavy atom. The number of para-hydroxylation sites is 1. The molecule has 164 valence electrons. The third-order valence-corrected chi connectivity index (χ3v) is 6.16. The summed E-state index contributed by atoms with van der Waals surface area (Å²) in [7, 11) is 0. The van der Waals surface area contributed by atoms with Crippen LogP contribution >= 0.6 is 11.3 Å². The van der Waals surface area contributed by atoms with Gasteiger partial charge in [0.25, 0.3) is 5.91 Å². The first kappa shape index (κ1) is 20.9. The molecule has 33 heavy (non-hydrogen) atoms. The zero-order valence-corrected chi connectivity index (χ0v) is 18.5. The van der Waals surface area contributed by atoms with E-state index in [2.05, 4.69) is 17.4 Å². The molecule has 3 aromatic carbocycles. The summed E-state index contributed by atoms with van der Waals surface area (Å²) in [5.41, 5.74) is 4.17. The Hall–Kier alpha value is -3.97. The lowest BCUT2D eigenvalue weighted by Crippen LogP contribution is -2.43. The molecule has 0 saturated heterocycles. The molecule has 1 N–H and O–H groups in total. The van der Waals surface area contributed by atoms with Crippen LogP contribution in [-0.4, -0.2) is 29.9 Å². The van der Waals surface area contributed by atoms with Crippen LogP contribution < -0.4 is 15.0 Å². The van der Waals surface area contributed by atoms with E-state index < -0.39 is 0 Å². The van der Waals surface area contributed by atoms with Gasteiger partial charge in [-0.1, -0.05) is 48.5 Å². The molecule has 0 spiro atoms. The monoisotopic (exact) mass is 455 g/mol. The van der Waals surface area contributed by atoms with Crippen molar-refractivity contribution in [3.8, 4) is 17.0 Å². The summed E-state index contributed by atoms with van der Waals surface area (Å²) in [6, 6.07) is 25.0. The van der Waals surface area contributed by atoms with E-state index in [1.54, 1.807) is 23.5 Å². The van der Waals surface area contributed by atoms with Crippen LogP contribution in [0.25, 0.3) is 11.3 Å². The Balaban J connectivity index is 1.37. The number of fused-ring (bicyclic) bond motifs is 1. The van der Waals surface area contributed by atoms with Crippen LogP contribution in [0.5, 0.6) is 5.75 Å². The van der Waals surface area contributed by atoms with Crippen molar-refractivity contribution in [3.63, 3.8) is 0 Å². The molecule has 0 atom stereocenters. The minimum atomic E-state index is -0.272. The van der Waals surface area contributed by atoms with Gasteiger partial charge < -0.3 is 10.1 Å². The highest BCUT2D eigenvalue weighted by Crippen LogP contribution is 2.36. The lowest BCUT2D eigenvalue weighted by molar-refractivity contribution is -0.123. The van der Waals surface area contributed by atoms with E-state index in [9.17, 15) is 9.59 Å². The van der Waals surface area contributed by atoms with Crippen molar-refractivity contribution in [3.05, 3.63) is 94.8 Å². The third-order valence-electron chi connectivity index (χ3n) is 5.31. The number of nitrogens with zero attached hydrogens (tertiary/aromatic N) is 2. The van der Waals surface area contributed by atoms with Crippen LogP contribution in [-0.2, 0) is 16.0 Å². The molecule has 0 fully saturated rings. The highest BCUT2D eigenvalue weighted by Gasteiger charge is 2.28. The second-order valence-electron chi connectivity index (χ2n) is 7.65. The van der Waals surface area contributed by atoms with Gasteiger partial charge in [0.1, 0.15) is 12.3 Å². The Labute approximate surface area is 195 Å². The van der Waals surface area contributed by atoms with E-state index >= 15 is 0 Å². The second kappa shape index (κ2) is 9.26. The number of thiazole rings is 1. The van der Waals surface area contributed by atoms with E-state index in [1.165, 1.54) is 10.5 Å². The average molecular weight is 456 g/mol. The number of rotatable bonds is 6. The molecule has 0 bridgehead atoms. The number of hydrogen-bond donors (Lipinski definition) is 1. The van der Waals surface area contributed by atoms with Crippen LogP contribution in [0.4, 0.5) is 11.4 Å². The van der Waals surface area contributed by atoms with Crippen LogP contribution in [0.3, 0.4) is 0 Å². The summed E-state index contributed by atoms with van der Waals surface area (Å²) in [6.07, 6.45) is 0.768. The largest absolute Gasteiger partial charge is 0.482 e. The zero-order valence-electron chi connectivity index (χ0n) is 17.7. The molecule has 6 nitrogen and oxygen atoms in total. The van der Waals surface area contributed by atoms with Gasteiger partial charge in [0.2, 0.25) is 5.91 Å². The maximum absolute atomic E-state index is 12.6. The summed E-state index contributed by atoms with van der Waals surface area (Å²) in [4.78, 5) is 31.5. The van der Waals surface area contributed by atoms with E-state index in [-0.39, 0.29) is 25.0 Å². The molecular weight excluding hydrogens is 434 g/mol. The second-order valence-corrected chi connectivity index (χ2v) is 8.60. The predicted octanol–water partition coefficient (Wildman–Crippen LogP) is 4.77. The quantitative estimate of drug-likeness (QED) is 0.455. The molecule has 0 radical (unpaired) electrons. The predicted molar refractivity (Wildman–Crippen MR) is 130 cm³/mol. The Kier molecular flexibility index (Phi) is 5.87. The zero-order chi connectivity index (χ0) is 22.6. The maximum Gasteiger partial charge on any atom is 0.265 e. The molecule has 0 saturated carbocycles. The Morgan fingerprint density at radius 3 is 2.58 bits per heavy atom. The first-order valence-corrected chi connectivity index (χ1v) is 11.4. The van der Waals surface area contributed by atoms with Gasteiger partial charge in [-0.3, -0.25) is 14.5 Å². The van der Waals surface area contributed by atoms with Gasteiger partial charge in [0, 0.05) is 23.1 Å². The number of hydrogen-bond acceptors (Lipinski definition) is 5. The van der Waals surface area contributed by atoms with Gasteiger partial charge in [0.15, 0.2) is 6.61 Å². The van der Waals surface area contributed by atoms with Crippen molar-refractivity contribution >= 4 is 34.5 Å². The minimum absolute atomic E-state index is 0.0934. The number of aromatic nitrogens is 1. The fourth-order valence-electron chi connectivity index (χ4n) is 3.70. The molecule has 5 rings (SSSR count). The lowest BCUT2D eigenvalue weighted by atomic mass is 10.1. The smallest absolute Gasteiger partial charge is 0.265 e. The number of anilines is 2. The Bertz CT molecular complexity index is 1290. The summed E-state index contributed by atoms with van der Waals surface area (Å²) in [6.45, 7) is -0.188. The molecule has 2 heterocycles. The molecule has 1 aliphatic heterocycles. The van der Waals surface area contributed by atoms with E-state index in [1.807, 2.05) is 60.0 Å². The average Bonchev–Trinajstić information content (AvgIpc) is 3.30. The first-order chi connectivity index (χ1) is 16.2. The van der Waals surface area contributed by atoms with Crippen LogP contribution in [0.2, 0.25) is 0 Å². The standard InChI is InChI=1S/C26H21N3O3S/c30-24(27-20-9-5-2-6-10-20)15-29-22-14-19(11-12-23(22)32-16-26(29)31)21-17-33-25(28-21)13-18-7-3-1-4-8-18/h1-12,14,17H,13,15-16H2,(H,27,30). The Morgan fingerprint density at radius 2 is 1.79 bits per heavy atom.